The molecule has 2 aliphatic carbocycles. The first-order valence-corrected chi connectivity index (χ1v) is 16.2. The van der Waals surface area contributed by atoms with E-state index in [0.717, 1.165) is 35.5 Å². The summed E-state index contributed by atoms with van der Waals surface area (Å²) in [7, 11) is -3.49. The monoisotopic (exact) mass is 619 g/mol. The van der Waals surface area contributed by atoms with Gasteiger partial charge in [0.1, 0.15) is 18.3 Å². The van der Waals surface area contributed by atoms with Crippen molar-refractivity contribution in [2.75, 3.05) is 23.9 Å². The Balaban J connectivity index is 1.21. The summed E-state index contributed by atoms with van der Waals surface area (Å²) in [6, 6.07) is 3.55. The number of aryl methyl sites for hydroxylation is 1. The minimum absolute atomic E-state index is 0.178. The number of aromatic nitrogens is 7. The lowest BCUT2D eigenvalue weighted by atomic mass is 9.80. The van der Waals surface area contributed by atoms with Gasteiger partial charge in [0, 0.05) is 31.2 Å². The average Bonchev–Trinajstić information content (AvgIpc) is 3.58. The molecule has 2 fully saturated rings. The molecule has 3 N–H and O–H groups in total. The third-order valence-electron chi connectivity index (χ3n) is 7.89. The molecule has 0 amide bonds. The highest BCUT2D eigenvalue weighted by Crippen LogP contribution is 2.33. The fraction of sp³-hybridized carbons (Fsp3) is 0.433. The number of rotatable bonds is 10. The van der Waals surface area contributed by atoms with Crippen LogP contribution in [0.3, 0.4) is 0 Å². The van der Waals surface area contributed by atoms with Crippen LogP contribution in [-0.4, -0.2) is 71.5 Å². The van der Waals surface area contributed by atoms with E-state index >= 15 is 0 Å². The van der Waals surface area contributed by atoms with Crippen LogP contribution in [0.5, 0.6) is 0 Å². The number of hydrogen-bond donors (Lipinski definition) is 3. The summed E-state index contributed by atoms with van der Waals surface area (Å²) in [4.78, 5) is 13.4. The van der Waals surface area contributed by atoms with Gasteiger partial charge in [-0.1, -0.05) is 11.8 Å². The van der Waals surface area contributed by atoms with E-state index in [1.54, 1.807) is 30.9 Å². The number of alkyl halides is 1. The molecule has 44 heavy (non-hydrogen) atoms. The van der Waals surface area contributed by atoms with Gasteiger partial charge in [-0.15, -0.1) is 0 Å². The van der Waals surface area contributed by atoms with Crippen LogP contribution in [0, 0.1) is 17.8 Å². The number of hydrogen-bond acceptors (Lipinski definition) is 10. The Bertz CT molecular complexity index is 1790. The van der Waals surface area contributed by atoms with E-state index < -0.39 is 22.3 Å². The molecule has 0 atom stereocenters. The zero-order valence-corrected chi connectivity index (χ0v) is 25.1. The van der Waals surface area contributed by atoms with Gasteiger partial charge < -0.3 is 15.7 Å². The molecule has 14 heteroatoms. The van der Waals surface area contributed by atoms with Crippen molar-refractivity contribution in [3.05, 3.63) is 60.4 Å². The molecular formula is C30H34FN9O3S. The number of halogens is 1. The summed E-state index contributed by atoms with van der Waals surface area (Å²) in [5.74, 6) is 7.98. The Kier molecular flexibility index (Phi) is 8.33. The molecule has 0 bridgehead atoms. The van der Waals surface area contributed by atoms with Crippen molar-refractivity contribution in [1.29, 1.82) is 0 Å². The van der Waals surface area contributed by atoms with Gasteiger partial charge in [0.15, 0.2) is 5.82 Å². The van der Waals surface area contributed by atoms with Gasteiger partial charge in [0.25, 0.3) is 10.0 Å². The normalized spacial score (nSPS) is 20.1. The second-order valence-electron chi connectivity index (χ2n) is 11.6. The summed E-state index contributed by atoms with van der Waals surface area (Å²) in [6.07, 6.45) is 14.1. The molecule has 230 valence electrons. The molecule has 0 aliphatic heterocycles. The lowest BCUT2D eigenvalue weighted by Crippen LogP contribution is -2.32. The summed E-state index contributed by atoms with van der Waals surface area (Å²) in [5.41, 5.74) is 2.02. The zero-order chi connectivity index (χ0) is 30.7. The second kappa shape index (κ2) is 12.3. The van der Waals surface area contributed by atoms with Crippen LogP contribution in [-0.2, 0) is 16.6 Å². The molecule has 2 saturated carbocycles. The maximum Gasteiger partial charge on any atom is 0.256 e. The summed E-state index contributed by atoms with van der Waals surface area (Å²) in [6.45, 7) is 2.28. The third-order valence-corrected chi connectivity index (χ3v) is 9.93. The van der Waals surface area contributed by atoms with Crippen molar-refractivity contribution < 1.29 is 17.9 Å². The van der Waals surface area contributed by atoms with Crippen LogP contribution >= 0.6 is 0 Å². The number of anilines is 3. The molecule has 0 spiro atoms. The Morgan fingerprint density at radius 2 is 1.89 bits per heavy atom. The Morgan fingerprint density at radius 3 is 2.66 bits per heavy atom. The fourth-order valence-electron chi connectivity index (χ4n) is 5.08. The third kappa shape index (κ3) is 7.06. The van der Waals surface area contributed by atoms with Gasteiger partial charge in [-0.2, -0.15) is 14.3 Å². The van der Waals surface area contributed by atoms with Crippen LogP contribution in [0.15, 0.2) is 49.3 Å². The van der Waals surface area contributed by atoms with Gasteiger partial charge in [0.05, 0.1) is 58.4 Å². The molecule has 6 rings (SSSR count). The van der Waals surface area contributed by atoms with Gasteiger partial charge in [-0.3, -0.25) is 4.68 Å². The van der Waals surface area contributed by atoms with Crippen LogP contribution in [0.25, 0.3) is 11.4 Å². The molecule has 0 saturated heterocycles. The molecule has 12 nitrogen and oxygen atoms in total. The van der Waals surface area contributed by atoms with Gasteiger partial charge in [0.2, 0.25) is 0 Å². The fourth-order valence-corrected chi connectivity index (χ4v) is 6.56. The standard InChI is InChI=1S/C30H34FN9O3S/c1-30(41)9-6-21(7-10-30)15-33-26-14-28(34-17-23(26)3-2-22-16-35-39(19-22)13-11-31)37-27-8-12-32-29(38-27)24-18-36-40(20-24)44(42,43)25-4-5-25/h8,12,14,16-21,25,41H,4-7,9-11,13,15H2,1H3,(H2,32,33,34,37,38)/t21-,30-. The SMILES string of the molecule is C[C@]1(O)CC[C@H](CNc2cc(Nc3ccnc(-c4cnn(S(=O)(=O)C5CC5)c4)n3)ncc2C#Cc2cnn(CCF)c2)CC1. The lowest BCUT2D eigenvalue weighted by Gasteiger charge is -2.33. The number of aliphatic hydroxyl groups is 1. The molecule has 4 heterocycles. The van der Waals surface area contributed by atoms with E-state index in [1.807, 2.05) is 13.0 Å². The largest absolute Gasteiger partial charge is 0.390 e. The van der Waals surface area contributed by atoms with Crippen molar-refractivity contribution in [3.63, 3.8) is 0 Å². The van der Waals surface area contributed by atoms with E-state index in [9.17, 15) is 17.9 Å². The van der Waals surface area contributed by atoms with Crippen molar-refractivity contribution in [1.82, 2.24) is 33.9 Å². The van der Waals surface area contributed by atoms with E-state index in [0.29, 0.717) is 59.5 Å². The summed E-state index contributed by atoms with van der Waals surface area (Å²) < 4.78 is 40.3. The molecule has 4 aromatic heterocycles. The number of nitrogens with zero attached hydrogens (tertiary/aromatic N) is 7. The van der Waals surface area contributed by atoms with Crippen molar-refractivity contribution in [2.24, 2.45) is 5.92 Å². The van der Waals surface area contributed by atoms with Crippen LogP contribution in [0.2, 0.25) is 0 Å². The predicted octanol–water partition coefficient (Wildman–Crippen LogP) is 3.74. The smallest absolute Gasteiger partial charge is 0.256 e. The molecule has 0 radical (unpaired) electrons. The van der Waals surface area contributed by atoms with Crippen LogP contribution < -0.4 is 10.6 Å². The predicted molar refractivity (Wildman–Crippen MR) is 163 cm³/mol. The topological polar surface area (TPSA) is 153 Å². The van der Waals surface area contributed by atoms with Gasteiger partial charge >= 0.3 is 0 Å². The first kappa shape index (κ1) is 29.7. The van der Waals surface area contributed by atoms with Crippen LogP contribution in [0.4, 0.5) is 21.7 Å². The summed E-state index contributed by atoms with van der Waals surface area (Å²) in [5, 5.41) is 24.9. The highest BCUT2D eigenvalue weighted by atomic mass is 32.2. The van der Waals surface area contributed by atoms with Gasteiger partial charge in [-0.05, 0) is 57.4 Å². The van der Waals surface area contributed by atoms with E-state index in [1.165, 1.54) is 17.1 Å². The lowest BCUT2D eigenvalue weighted by molar-refractivity contribution is 0.00976. The maximum absolute atomic E-state index is 12.7. The number of pyridine rings is 1. The molecule has 4 aromatic rings. The molecule has 2 aliphatic rings. The minimum Gasteiger partial charge on any atom is -0.390 e. The molecular weight excluding hydrogens is 585 g/mol. The zero-order valence-electron chi connectivity index (χ0n) is 24.3. The van der Waals surface area contributed by atoms with Crippen LogP contribution in [0.1, 0.15) is 56.6 Å². The first-order chi connectivity index (χ1) is 21.2. The minimum atomic E-state index is -3.49. The Hall–Kier alpha value is -4.35. The first-order valence-electron chi connectivity index (χ1n) is 14.6. The molecule has 0 aromatic carbocycles. The quantitative estimate of drug-likeness (QED) is 0.224. The van der Waals surface area contributed by atoms with Crippen molar-refractivity contribution >= 4 is 27.3 Å². The highest BCUT2D eigenvalue weighted by Gasteiger charge is 2.37. The van der Waals surface area contributed by atoms with E-state index in [4.69, 9.17) is 0 Å². The maximum atomic E-state index is 12.7. The highest BCUT2D eigenvalue weighted by molar-refractivity contribution is 7.90. The Morgan fingerprint density at radius 1 is 1.07 bits per heavy atom. The van der Waals surface area contributed by atoms with Crippen molar-refractivity contribution in [3.8, 4) is 23.2 Å². The Labute approximate surface area is 255 Å². The number of nitrogens with one attached hydrogen (secondary N) is 2. The molecule has 0 unspecified atom stereocenters. The average molecular weight is 620 g/mol. The van der Waals surface area contributed by atoms with Crippen molar-refractivity contribution in [2.45, 2.75) is 62.8 Å². The summed E-state index contributed by atoms with van der Waals surface area (Å²) >= 11 is 0. The van der Waals surface area contributed by atoms with E-state index in [-0.39, 0.29) is 11.8 Å². The second-order valence-corrected chi connectivity index (χ2v) is 13.7. The van der Waals surface area contributed by atoms with E-state index in [2.05, 4.69) is 47.6 Å². The van der Waals surface area contributed by atoms with Gasteiger partial charge in [-0.25, -0.2) is 27.8 Å².